The number of rotatable bonds is 0. The number of hydrogen-bond acceptors (Lipinski definition) is 0. The van der Waals surface area contributed by atoms with E-state index in [4.69, 9.17) is 0 Å². The largest absolute Gasteiger partial charge is 0.0845 e. The highest BCUT2D eigenvalue weighted by Crippen LogP contribution is 2.14. The SMILES string of the molecule is C1=CCCCCCCCCCCCCCCCC/C=C/C=C/C=C\C=C\1. The molecule has 0 heterocycles. The average molecular weight is 355 g/mol. The first-order chi connectivity index (χ1) is 13.0. The highest BCUT2D eigenvalue weighted by atomic mass is 14.0. The molecule has 0 aromatic heterocycles. The molecule has 0 unspecified atom stereocenters. The van der Waals surface area contributed by atoms with Gasteiger partial charge in [-0.05, 0) is 25.7 Å². The quantitative estimate of drug-likeness (QED) is 0.407. The lowest BCUT2D eigenvalue weighted by Gasteiger charge is -2.03. The molecule has 0 amide bonds. The molecule has 0 saturated carbocycles. The van der Waals surface area contributed by atoms with Gasteiger partial charge in [-0.15, -0.1) is 0 Å². The van der Waals surface area contributed by atoms with Crippen LogP contribution in [-0.2, 0) is 0 Å². The van der Waals surface area contributed by atoms with Crippen LogP contribution in [0, 0.1) is 0 Å². The lowest BCUT2D eigenvalue weighted by Crippen LogP contribution is -1.83. The average Bonchev–Trinajstić information content (AvgIpc) is 2.65. The molecule has 0 fully saturated rings. The lowest BCUT2D eigenvalue weighted by atomic mass is 10.0. The number of hydrogen-bond donors (Lipinski definition) is 0. The van der Waals surface area contributed by atoms with Gasteiger partial charge in [0.1, 0.15) is 0 Å². The van der Waals surface area contributed by atoms with Gasteiger partial charge >= 0.3 is 0 Å². The Balaban J connectivity index is 2.23. The molecular weight excluding hydrogens is 312 g/mol. The van der Waals surface area contributed by atoms with Gasteiger partial charge in [0.15, 0.2) is 0 Å². The Kier molecular flexibility index (Phi) is 17.5. The third-order valence-electron chi connectivity index (χ3n) is 5.04. The van der Waals surface area contributed by atoms with Crippen molar-refractivity contribution in [3.63, 3.8) is 0 Å². The fourth-order valence-corrected chi connectivity index (χ4v) is 3.38. The molecule has 0 aromatic carbocycles. The second kappa shape index (κ2) is 20.0. The molecule has 0 nitrogen and oxygen atoms in total. The molecule has 1 aliphatic rings. The number of allylic oxidation sites excluding steroid dienone is 10. The van der Waals surface area contributed by atoms with Crippen molar-refractivity contribution in [3.05, 3.63) is 60.8 Å². The van der Waals surface area contributed by atoms with E-state index in [9.17, 15) is 0 Å². The van der Waals surface area contributed by atoms with Gasteiger partial charge in [0.25, 0.3) is 0 Å². The van der Waals surface area contributed by atoms with Gasteiger partial charge < -0.3 is 0 Å². The maximum Gasteiger partial charge on any atom is -0.0348 e. The molecule has 0 radical (unpaired) electrons. The predicted octanol–water partition coefficient (Wildman–Crippen LogP) is 9.02. The van der Waals surface area contributed by atoms with E-state index < -0.39 is 0 Å². The Morgan fingerprint density at radius 2 is 0.462 bits per heavy atom. The maximum absolute atomic E-state index is 2.30. The van der Waals surface area contributed by atoms with Crippen molar-refractivity contribution >= 4 is 0 Å². The highest BCUT2D eigenvalue weighted by molar-refractivity contribution is 5.17. The second-order valence-corrected chi connectivity index (χ2v) is 7.54. The fraction of sp³-hybridized carbons (Fsp3) is 0.615. The van der Waals surface area contributed by atoms with Crippen molar-refractivity contribution in [3.8, 4) is 0 Å². The lowest BCUT2D eigenvalue weighted by molar-refractivity contribution is 0.534. The first-order valence-electron chi connectivity index (χ1n) is 11.3. The summed E-state index contributed by atoms with van der Waals surface area (Å²) in [7, 11) is 0. The van der Waals surface area contributed by atoms with E-state index in [0.717, 1.165) is 0 Å². The monoisotopic (exact) mass is 354 g/mol. The van der Waals surface area contributed by atoms with Crippen molar-refractivity contribution in [1.82, 2.24) is 0 Å². The Morgan fingerprint density at radius 1 is 0.231 bits per heavy atom. The van der Waals surface area contributed by atoms with Crippen LogP contribution in [0.15, 0.2) is 60.8 Å². The van der Waals surface area contributed by atoms with Crippen LogP contribution in [0.2, 0.25) is 0 Å². The zero-order valence-electron chi connectivity index (χ0n) is 17.1. The van der Waals surface area contributed by atoms with E-state index in [0.29, 0.717) is 0 Å². The van der Waals surface area contributed by atoms with E-state index >= 15 is 0 Å². The van der Waals surface area contributed by atoms with Crippen molar-refractivity contribution < 1.29 is 0 Å². The molecule has 0 saturated heterocycles. The van der Waals surface area contributed by atoms with E-state index in [2.05, 4.69) is 60.8 Å². The van der Waals surface area contributed by atoms with Crippen LogP contribution < -0.4 is 0 Å². The van der Waals surface area contributed by atoms with Gasteiger partial charge in [0.05, 0.1) is 0 Å². The molecule has 0 aromatic rings. The van der Waals surface area contributed by atoms with Crippen molar-refractivity contribution in [2.75, 3.05) is 0 Å². The van der Waals surface area contributed by atoms with Gasteiger partial charge in [-0.2, -0.15) is 0 Å². The molecular formula is C26H42. The second-order valence-electron chi connectivity index (χ2n) is 7.54. The third-order valence-corrected chi connectivity index (χ3v) is 5.04. The summed E-state index contributed by atoms with van der Waals surface area (Å²) in [5, 5.41) is 0. The Bertz CT molecular complexity index is 379. The molecule has 0 heteroatoms. The van der Waals surface area contributed by atoms with Crippen LogP contribution >= 0.6 is 0 Å². The molecule has 146 valence electrons. The molecule has 26 heavy (non-hydrogen) atoms. The molecule has 1 rings (SSSR count). The Morgan fingerprint density at radius 3 is 0.769 bits per heavy atom. The van der Waals surface area contributed by atoms with E-state index in [1.54, 1.807) is 0 Å². The van der Waals surface area contributed by atoms with Crippen LogP contribution in [0.25, 0.3) is 0 Å². The summed E-state index contributed by atoms with van der Waals surface area (Å²) in [5.41, 5.74) is 0. The van der Waals surface area contributed by atoms with Crippen LogP contribution in [0.1, 0.15) is 103 Å². The van der Waals surface area contributed by atoms with E-state index in [1.807, 2.05) is 0 Å². The first-order valence-corrected chi connectivity index (χ1v) is 11.3. The zero-order valence-corrected chi connectivity index (χ0v) is 17.1. The van der Waals surface area contributed by atoms with Crippen molar-refractivity contribution in [2.45, 2.75) is 103 Å². The fourth-order valence-electron chi connectivity index (χ4n) is 3.38. The van der Waals surface area contributed by atoms with Crippen LogP contribution in [-0.4, -0.2) is 0 Å². The summed E-state index contributed by atoms with van der Waals surface area (Å²) in [5.74, 6) is 0. The molecule has 0 atom stereocenters. The molecule has 1 aliphatic carbocycles. The van der Waals surface area contributed by atoms with Crippen LogP contribution in [0.5, 0.6) is 0 Å². The Hall–Kier alpha value is -1.30. The summed E-state index contributed by atoms with van der Waals surface area (Å²) < 4.78 is 0. The minimum absolute atomic E-state index is 1.22. The van der Waals surface area contributed by atoms with Gasteiger partial charge in [0, 0.05) is 0 Å². The summed E-state index contributed by atoms with van der Waals surface area (Å²) >= 11 is 0. The zero-order chi connectivity index (χ0) is 18.4. The summed E-state index contributed by atoms with van der Waals surface area (Å²) in [4.78, 5) is 0. The van der Waals surface area contributed by atoms with Gasteiger partial charge in [0.2, 0.25) is 0 Å². The molecule has 0 spiro atoms. The summed E-state index contributed by atoms with van der Waals surface area (Å²) in [6.45, 7) is 0. The minimum Gasteiger partial charge on any atom is -0.0845 e. The molecule has 0 N–H and O–H groups in total. The van der Waals surface area contributed by atoms with E-state index in [1.165, 1.54) is 103 Å². The van der Waals surface area contributed by atoms with Gasteiger partial charge in [-0.1, -0.05) is 138 Å². The van der Waals surface area contributed by atoms with Crippen LogP contribution in [0.3, 0.4) is 0 Å². The smallest absolute Gasteiger partial charge is 0.0348 e. The summed E-state index contributed by atoms with van der Waals surface area (Å²) in [6.07, 6.45) is 44.0. The van der Waals surface area contributed by atoms with Gasteiger partial charge in [-0.3, -0.25) is 0 Å². The topological polar surface area (TPSA) is 0 Å². The predicted molar refractivity (Wildman–Crippen MR) is 120 cm³/mol. The van der Waals surface area contributed by atoms with Gasteiger partial charge in [-0.25, -0.2) is 0 Å². The van der Waals surface area contributed by atoms with E-state index in [-0.39, 0.29) is 0 Å². The minimum atomic E-state index is 1.22. The third kappa shape index (κ3) is 17.5. The van der Waals surface area contributed by atoms with Crippen LogP contribution in [0.4, 0.5) is 0 Å². The van der Waals surface area contributed by atoms with Crippen molar-refractivity contribution in [1.29, 1.82) is 0 Å². The highest BCUT2D eigenvalue weighted by Gasteiger charge is 1.94. The normalized spacial score (nSPS) is 25.8. The molecule has 0 bridgehead atoms. The molecule has 0 aliphatic heterocycles. The standard InChI is InChI=1S/C26H42/c1-2-4-6-8-10-12-14-16-18-20-22-24-26-25-23-21-19-17-15-13-11-9-7-5-3-1/h1-10H,11-26H2/b2-1-,5-3+,6-4+,9-7+,10-8?. The maximum atomic E-state index is 2.30. The summed E-state index contributed by atoms with van der Waals surface area (Å²) in [6, 6.07) is 0. The van der Waals surface area contributed by atoms with Crippen molar-refractivity contribution in [2.24, 2.45) is 0 Å². The Labute approximate surface area is 163 Å². The first kappa shape index (κ1) is 22.7.